The Morgan fingerprint density at radius 2 is 2.17 bits per heavy atom. The van der Waals surface area contributed by atoms with Crippen LogP contribution in [-0.2, 0) is 9.47 Å². The number of benzene rings is 1. The molecule has 0 aliphatic rings. The summed E-state index contributed by atoms with van der Waals surface area (Å²) in [6, 6.07) is 4.33. The molecule has 7 heteroatoms. The summed E-state index contributed by atoms with van der Waals surface area (Å²) in [5, 5.41) is 11.1. The van der Waals surface area contributed by atoms with Crippen LogP contribution in [0.2, 0.25) is 5.02 Å². The van der Waals surface area contributed by atoms with E-state index in [1.807, 2.05) is 0 Å². The fourth-order valence-corrected chi connectivity index (χ4v) is 1.36. The maximum atomic E-state index is 11.4. The minimum absolute atomic E-state index is 0.108. The van der Waals surface area contributed by atoms with Gasteiger partial charge in [0.1, 0.15) is 6.61 Å². The zero-order valence-corrected chi connectivity index (χ0v) is 10.4. The van der Waals surface area contributed by atoms with E-state index in [0.29, 0.717) is 5.69 Å². The number of anilines is 1. The largest absolute Gasteiger partial charge is 0.465 e. The molecule has 0 aliphatic heterocycles. The van der Waals surface area contributed by atoms with E-state index in [9.17, 15) is 9.59 Å². The average Bonchev–Trinajstić information content (AvgIpc) is 2.37. The van der Waals surface area contributed by atoms with Crippen molar-refractivity contribution < 1.29 is 24.2 Å². The van der Waals surface area contributed by atoms with Crippen LogP contribution in [0.1, 0.15) is 10.4 Å². The van der Waals surface area contributed by atoms with Crippen molar-refractivity contribution in [3.05, 3.63) is 28.8 Å². The van der Waals surface area contributed by atoms with Crippen LogP contribution in [-0.4, -0.2) is 37.5 Å². The van der Waals surface area contributed by atoms with Gasteiger partial charge in [0, 0.05) is 5.69 Å². The Bertz CT molecular complexity index is 449. The van der Waals surface area contributed by atoms with Crippen LogP contribution in [0.4, 0.5) is 10.5 Å². The Morgan fingerprint density at radius 3 is 2.78 bits per heavy atom. The Kier molecular flexibility index (Phi) is 5.41. The summed E-state index contributed by atoms with van der Waals surface area (Å²) in [6.45, 7) is -0.370. The zero-order chi connectivity index (χ0) is 13.5. The summed E-state index contributed by atoms with van der Waals surface area (Å²) in [5.41, 5.74) is 0.474. The molecule has 0 aromatic heterocycles. The molecule has 1 aromatic carbocycles. The standard InChI is InChI=1S/C11H12ClNO5/c1-17-10(15)8-6-7(2-3-9(8)12)13-11(16)18-5-4-14/h2-3,6,14H,4-5H2,1H3,(H,13,16). The molecule has 0 atom stereocenters. The lowest BCUT2D eigenvalue weighted by Gasteiger charge is -2.08. The van der Waals surface area contributed by atoms with E-state index >= 15 is 0 Å². The second-order valence-corrected chi connectivity index (χ2v) is 3.58. The predicted octanol–water partition coefficient (Wildman–Crippen LogP) is 1.67. The number of methoxy groups -OCH3 is 1. The van der Waals surface area contributed by atoms with Crippen molar-refractivity contribution in [2.45, 2.75) is 0 Å². The molecule has 0 spiro atoms. The molecule has 0 saturated carbocycles. The number of carbonyl (C=O) groups excluding carboxylic acids is 2. The SMILES string of the molecule is COC(=O)c1cc(NC(=O)OCCO)ccc1Cl. The summed E-state index contributed by atoms with van der Waals surface area (Å²) < 4.78 is 9.14. The number of hydrogen-bond donors (Lipinski definition) is 2. The number of esters is 1. The van der Waals surface area contributed by atoms with E-state index < -0.39 is 12.1 Å². The van der Waals surface area contributed by atoms with E-state index in [4.69, 9.17) is 16.7 Å². The van der Waals surface area contributed by atoms with Crippen LogP contribution in [0.25, 0.3) is 0 Å². The zero-order valence-electron chi connectivity index (χ0n) is 9.60. The van der Waals surface area contributed by atoms with E-state index in [1.165, 1.54) is 25.3 Å². The number of carbonyl (C=O) groups is 2. The number of halogens is 1. The fourth-order valence-electron chi connectivity index (χ4n) is 1.16. The molecule has 1 rings (SSSR count). The third-order valence-electron chi connectivity index (χ3n) is 1.94. The molecule has 2 N–H and O–H groups in total. The molecular weight excluding hydrogens is 262 g/mol. The number of hydrogen-bond acceptors (Lipinski definition) is 5. The summed E-state index contributed by atoms with van der Waals surface area (Å²) in [6.07, 6.45) is -0.734. The summed E-state index contributed by atoms with van der Waals surface area (Å²) in [4.78, 5) is 22.6. The number of aliphatic hydroxyl groups is 1. The fraction of sp³-hybridized carbons (Fsp3) is 0.273. The van der Waals surface area contributed by atoms with E-state index in [2.05, 4.69) is 14.8 Å². The number of rotatable bonds is 4. The third kappa shape index (κ3) is 3.90. The van der Waals surface area contributed by atoms with Gasteiger partial charge in [0.25, 0.3) is 0 Å². The van der Waals surface area contributed by atoms with Gasteiger partial charge < -0.3 is 14.6 Å². The molecule has 0 unspecified atom stereocenters. The number of amides is 1. The molecule has 1 aromatic rings. The Morgan fingerprint density at radius 1 is 1.44 bits per heavy atom. The Labute approximate surface area is 108 Å². The lowest BCUT2D eigenvalue weighted by Crippen LogP contribution is -2.16. The molecule has 6 nitrogen and oxygen atoms in total. The Hall–Kier alpha value is -1.79. The second-order valence-electron chi connectivity index (χ2n) is 3.17. The van der Waals surface area contributed by atoms with Gasteiger partial charge in [0.05, 0.1) is 24.3 Å². The quantitative estimate of drug-likeness (QED) is 0.815. The van der Waals surface area contributed by atoms with Gasteiger partial charge >= 0.3 is 12.1 Å². The summed E-state index contributed by atoms with van der Waals surface area (Å²) >= 11 is 5.81. The van der Waals surface area contributed by atoms with Crippen LogP contribution in [0.5, 0.6) is 0 Å². The van der Waals surface area contributed by atoms with Gasteiger partial charge in [-0.2, -0.15) is 0 Å². The Balaban J connectivity index is 2.79. The first-order valence-corrected chi connectivity index (χ1v) is 5.38. The van der Waals surface area contributed by atoms with Gasteiger partial charge in [0.2, 0.25) is 0 Å². The monoisotopic (exact) mass is 273 g/mol. The first-order valence-electron chi connectivity index (χ1n) is 5.01. The van der Waals surface area contributed by atoms with Crippen LogP contribution in [0.15, 0.2) is 18.2 Å². The maximum absolute atomic E-state index is 11.4. The molecule has 1 amide bonds. The first-order chi connectivity index (χ1) is 8.58. The van der Waals surface area contributed by atoms with Gasteiger partial charge in [-0.15, -0.1) is 0 Å². The molecule has 0 radical (unpaired) electrons. The minimum Gasteiger partial charge on any atom is -0.465 e. The van der Waals surface area contributed by atoms with Crippen molar-refractivity contribution in [3.8, 4) is 0 Å². The molecular formula is C11H12ClNO5. The highest BCUT2D eigenvalue weighted by atomic mass is 35.5. The molecule has 0 heterocycles. The van der Waals surface area contributed by atoms with E-state index in [0.717, 1.165) is 0 Å². The average molecular weight is 274 g/mol. The highest BCUT2D eigenvalue weighted by Gasteiger charge is 2.12. The number of ether oxygens (including phenoxy) is 2. The van der Waals surface area contributed by atoms with E-state index in [-0.39, 0.29) is 23.8 Å². The van der Waals surface area contributed by atoms with Crippen LogP contribution in [0.3, 0.4) is 0 Å². The molecule has 98 valence electrons. The predicted molar refractivity (Wildman–Crippen MR) is 64.8 cm³/mol. The molecule has 0 aliphatic carbocycles. The molecule has 18 heavy (non-hydrogen) atoms. The minimum atomic E-state index is -0.734. The van der Waals surface area contributed by atoms with Gasteiger partial charge in [-0.1, -0.05) is 11.6 Å². The highest BCUT2D eigenvalue weighted by molar-refractivity contribution is 6.33. The maximum Gasteiger partial charge on any atom is 0.411 e. The van der Waals surface area contributed by atoms with Crippen LogP contribution < -0.4 is 5.32 Å². The third-order valence-corrected chi connectivity index (χ3v) is 2.27. The van der Waals surface area contributed by atoms with E-state index in [1.54, 1.807) is 0 Å². The van der Waals surface area contributed by atoms with Crippen LogP contribution >= 0.6 is 11.6 Å². The van der Waals surface area contributed by atoms with Gasteiger partial charge in [0.15, 0.2) is 0 Å². The van der Waals surface area contributed by atoms with Crippen LogP contribution in [0, 0.1) is 0 Å². The van der Waals surface area contributed by atoms with Gasteiger partial charge in [-0.25, -0.2) is 9.59 Å². The summed E-state index contributed by atoms with van der Waals surface area (Å²) in [7, 11) is 1.23. The van der Waals surface area contributed by atoms with Crippen molar-refractivity contribution >= 4 is 29.4 Å². The second kappa shape index (κ2) is 6.83. The highest BCUT2D eigenvalue weighted by Crippen LogP contribution is 2.21. The number of aliphatic hydroxyl groups excluding tert-OH is 1. The van der Waals surface area contributed by atoms with Gasteiger partial charge in [-0.3, -0.25) is 5.32 Å². The lowest BCUT2D eigenvalue weighted by atomic mass is 10.2. The number of nitrogens with one attached hydrogen (secondary N) is 1. The topological polar surface area (TPSA) is 84.9 Å². The normalized spacial score (nSPS) is 9.72. The van der Waals surface area contributed by atoms with Crippen molar-refractivity contribution in [1.82, 2.24) is 0 Å². The molecule has 0 fully saturated rings. The summed E-state index contributed by atoms with van der Waals surface area (Å²) in [5.74, 6) is -0.604. The van der Waals surface area contributed by atoms with Crippen molar-refractivity contribution in [2.75, 3.05) is 25.6 Å². The van der Waals surface area contributed by atoms with Crippen molar-refractivity contribution in [2.24, 2.45) is 0 Å². The van der Waals surface area contributed by atoms with Crippen molar-refractivity contribution in [3.63, 3.8) is 0 Å². The first kappa shape index (κ1) is 14.3. The molecule has 0 saturated heterocycles. The molecule has 0 bridgehead atoms. The van der Waals surface area contributed by atoms with Crippen molar-refractivity contribution in [1.29, 1.82) is 0 Å². The van der Waals surface area contributed by atoms with Gasteiger partial charge in [-0.05, 0) is 18.2 Å². The lowest BCUT2D eigenvalue weighted by molar-refractivity contribution is 0.0601. The smallest absolute Gasteiger partial charge is 0.411 e.